The monoisotopic (exact) mass is 220 g/mol. The van der Waals surface area contributed by atoms with E-state index in [0.29, 0.717) is 0 Å². The van der Waals surface area contributed by atoms with E-state index in [9.17, 15) is 4.79 Å². The van der Waals surface area contributed by atoms with Crippen LogP contribution in [0.5, 0.6) is 0 Å². The Morgan fingerprint density at radius 2 is 2.07 bits per heavy atom. The number of carbonyl (C=O) groups is 1. The molecule has 0 fully saturated rings. The van der Waals surface area contributed by atoms with Gasteiger partial charge in [-0.05, 0) is 18.9 Å². The minimum atomic E-state index is 0.793. The Labute approximate surface area is 95.6 Å². The second kappa shape index (κ2) is 7.30. The number of hydrogen-bond acceptors (Lipinski definition) is 2. The van der Waals surface area contributed by atoms with Crippen LogP contribution in [0.3, 0.4) is 0 Å². The molecule has 0 heterocycles. The van der Waals surface area contributed by atoms with Gasteiger partial charge in [0, 0.05) is 16.2 Å². The molecule has 0 unspecified atom stereocenters. The summed E-state index contributed by atoms with van der Waals surface area (Å²) in [5, 5.41) is 0. The summed E-state index contributed by atoms with van der Waals surface area (Å²) in [6.07, 6.45) is 7.44. The number of aldehydes is 1. The van der Waals surface area contributed by atoms with E-state index in [1.165, 1.54) is 0 Å². The van der Waals surface area contributed by atoms with E-state index < -0.39 is 0 Å². The first-order valence-electron chi connectivity index (χ1n) is 5.20. The maximum Gasteiger partial charge on any atom is 0.151 e. The standard InChI is InChI=1S/C13H16OS/c1-2-3-4-7-10-15-13-9-6-5-8-12(13)11-14/h3-6,8-9,11H,2,7,10H2,1H3/b4-3+. The number of allylic oxidation sites excluding steroid dienone is 2. The minimum absolute atomic E-state index is 0.793. The van der Waals surface area contributed by atoms with E-state index in [1.807, 2.05) is 24.3 Å². The van der Waals surface area contributed by atoms with Gasteiger partial charge in [-0.3, -0.25) is 4.79 Å². The summed E-state index contributed by atoms with van der Waals surface area (Å²) in [5.41, 5.74) is 0.793. The molecular weight excluding hydrogens is 204 g/mol. The number of thioether (sulfide) groups is 1. The van der Waals surface area contributed by atoms with Crippen LogP contribution < -0.4 is 0 Å². The highest BCUT2D eigenvalue weighted by Gasteiger charge is 1.99. The third-order valence-corrected chi connectivity index (χ3v) is 3.11. The molecule has 0 atom stereocenters. The third kappa shape index (κ3) is 4.34. The van der Waals surface area contributed by atoms with Gasteiger partial charge >= 0.3 is 0 Å². The highest BCUT2D eigenvalue weighted by Crippen LogP contribution is 2.21. The van der Waals surface area contributed by atoms with Gasteiger partial charge in [0.25, 0.3) is 0 Å². The van der Waals surface area contributed by atoms with Crippen molar-refractivity contribution in [1.82, 2.24) is 0 Å². The molecule has 0 aliphatic rings. The molecule has 0 spiro atoms. The predicted molar refractivity (Wildman–Crippen MR) is 66.6 cm³/mol. The largest absolute Gasteiger partial charge is 0.298 e. The van der Waals surface area contributed by atoms with Crippen LogP contribution in [0.2, 0.25) is 0 Å². The number of hydrogen-bond donors (Lipinski definition) is 0. The van der Waals surface area contributed by atoms with Crippen molar-refractivity contribution in [3.63, 3.8) is 0 Å². The molecule has 2 heteroatoms. The first kappa shape index (κ1) is 12.1. The molecule has 15 heavy (non-hydrogen) atoms. The highest BCUT2D eigenvalue weighted by molar-refractivity contribution is 7.99. The van der Waals surface area contributed by atoms with Crippen molar-refractivity contribution < 1.29 is 4.79 Å². The lowest BCUT2D eigenvalue weighted by atomic mass is 10.2. The van der Waals surface area contributed by atoms with Gasteiger partial charge < -0.3 is 0 Å². The van der Waals surface area contributed by atoms with Crippen LogP contribution in [-0.2, 0) is 0 Å². The molecule has 0 aliphatic heterocycles. The molecule has 0 N–H and O–H groups in total. The second-order valence-electron chi connectivity index (χ2n) is 3.17. The molecule has 0 saturated carbocycles. The van der Waals surface area contributed by atoms with Crippen LogP contribution in [0, 0.1) is 0 Å². The summed E-state index contributed by atoms with van der Waals surface area (Å²) < 4.78 is 0. The van der Waals surface area contributed by atoms with Crippen molar-refractivity contribution in [3.8, 4) is 0 Å². The Kier molecular flexibility index (Phi) is 5.86. The minimum Gasteiger partial charge on any atom is -0.298 e. The lowest BCUT2D eigenvalue weighted by Crippen LogP contribution is -1.85. The molecule has 80 valence electrons. The van der Waals surface area contributed by atoms with Gasteiger partial charge in [0.05, 0.1) is 0 Å². The van der Waals surface area contributed by atoms with Crippen molar-refractivity contribution >= 4 is 18.0 Å². The summed E-state index contributed by atoms with van der Waals surface area (Å²) in [5.74, 6) is 1.03. The topological polar surface area (TPSA) is 17.1 Å². The fourth-order valence-corrected chi connectivity index (χ4v) is 2.16. The maximum atomic E-state index is 10.7. The first-order valence-corrected chi connectivity index (χ1v) is 6.19. The summed E-state index contributed by atoms with van der Waals surface area (Å²) in [7, 11) is 0. The first-order chi connectivity index (χ1) is 7.38. The van der Waals surface area contributed by atoms with Gasteiger partial charge in [-0.1, -0.05) is 37.3 Å². The fourth-order valence-electron chi connectivity index (χ4n) is 1.23. The van der Waals surface area contributed by atoms with Gasteiger partial charge in [-0.15, -0.1) is 11.8 Å². The van der Waals surface area contributed by atoms with Crippen LogP contribution in [0.15, 0.2) is 41.3 Å². The number of benzene rings is 1. The lowest BCUT2D eigenvalue weighted by Gasteiger charge is -2.02. The summed E-state index contributed by atoms with van der Waals surface area (Å²) in [6, 6.07) is 7.72. The molecular formula is C13H16OS. The van der Waals surface area contributed by atoms with E-state index in [1.54, 1.807) is 11.8 Å². The number of carbonyl (C=O) groups excluding carboxylic acids is 1. The van der Waals surface area contributed by atoms with E-state index in [4.69, 9.17) is 0 Å². The Balaban J connectivity index is 2.43. The average Bonchev–Trinajstić information content (AvgIpc) is 2.29. The molecule has 1 aromatic rings. The molecule has 1 aromatic carbocycles. The molecule has 1 rings (SSSR count). The molecule has 0 bridgehead atoms. The molecule has 0 radical (unpaired) electrons. The SMILES string of the molecule is CC/C=C/CCSc1ccccc1C=O. The molecule has 0 amide bonds. The van der Waals surface area contributed by atoms with E-state index in [0.717, 1.165) is 35.3 Å². The van der Waals surface area contributed by atoms with Crippen molar-refractivity contribution in [2.75, 3.05) is 5.75 Å². The Morgan fingerprint density at radius 1 is 1.27 bits per heavy atom. The van der Waals surface area contributed by atoms with Crippen molar-refractivity contribution in [1.29, 1.82) is 0 Å². The summed E-state index contributed by atoms with van der Waals surface area (Å²) in [6.45, 7) is 2.13. The van der Waals surface area contributed by atoms with E-state index in [2.05, 4.69) is 19.1 Å². The summed E-state index contributed by atoms with van der Waals surface area (Å²) in [4.78, 5) is 11.8. The van der Waals surface area contributed by atoms with Crippen LogP contribution in [0.25, 0.3) is 0 Å². The molecule has 0 saturated heterocycles. The van der Waals surface area contributed by atoms with Gasteiger partial charge in [0.1, 0.15) is 0 Å². The maximum absolute atomic E-state index is 10.7. The zero-order chi connectivity index (χ0) is 10.9. The van der Waals surface area contributed by atoms with Gasteiger partial charge in [0.2, 0.25) is 0 Å². The zero-order valence-corrected chi connectivity index (χ0v) is 9.80. The molecule has 0 aromatic heterocycles. The fraction of sp³-hybridized carbons (Fsp3) is 0.308. The second-order valence-corrected chi connectivity index (χ2v) is 4.31. The van der Waals surface area contributed by atoms with Crippen molar-refractivity contribution in [2.45, 2.75) is 24.7 Å². The van der Waals surface area contributed by atoms with Gasteiger partial charge in [-0.2, -0.15) is 0 Å². The molecule has 1 nitrogen and oxygen atoms in total. The van der Waals surface area contributed by atoms with Crippen LogP contribution in [-0.4, -0.2) is 12.0 Å². The Morgan fingerprint density at radius 3 is 2.80 bits per heavy atom. The van der Waals surface area contributed by atoms with Crippen LogP contribution in [0.1, 0.15) is 30.1 Å². The Bertz CT molecular complexity index is 331. The van der Waals surface area contributed by atoms with Gasteiger partial charge in [0.15, 0.2) is 6.29 Å². The zero-order valence-electron chi connectivity index (χ0n) is 8.98. The smallest absolute Gasteiger partial charge is 0.151 e. The van der Waals surface area contributed by atoms with Gasteiger partial charge in [-0.25, -0.2) is 0 Å². The van der Waals surface area contributed by atoms with E-state index in [-0.39, 0.29) is 0 Å². The normalized spacial score (nSPS) is 10.7. The van der Waals surface area contributed by atoms with E-state index >= 15 is 0 Å². The average molecular weight is 220 g/mol. The summed E-state index contributed by atoms with van der Waals surface area (Å²) >= 11 is 1.74. The van der Waals surface area contributed by atoms with Crippen molar-refractivity contribution in [3.05, 3.63) is 42.0 Å². The van der Waals surface area contributed by atoms with Crippen molar-refractivity contribution in [2.24, 2.45) is 0 Å². The quantitative estimate of drug-likeness (QED) is 0.312. The molecule has 0 aliphatic carbocycles. The number of rotatable bonds is 6. The van der Waals surface area contributed by atoms with Crippen LogP contribution >= 0.6 is 11.8 Å². The third-order valence-electron chi connectivity index (χ3n) is 1.99. The van der Waals surface area contributed by atoms with Crippen LogP contribution in [0.4, 0.5) is 0 Å². The lowest BCUT2D eigenvalue weighted by molar-refractivity contribution is 0.112. The highest BCUT2D eigenvalue weighted by atomic mass is 32.2. The predicted octanol–water partition coefficient (Wildman–Crippen LogP) is 3.95. The Hall–Kier alpha value is -1.02.